The van der Waals surface area contributed by atoms with Gasteiger partial charge in [0.15, 0.2) is 6.10 Å². The zero-order chi connectivity index (χ0) is 20.1. The number of halogens is 2. The predicted molar refractivity (Wildman–Crippen MR) is 106 cm³/mol. The maximum Gasteiger partial charge on any atom is 0.262 e. The summed E-state index contributed by atoms with van der Waals surface area (Å²) in [6, 6.07) is 11.1. The van der Waals surface area contributed by atoms with Crippen LogP contribution >= 0.6 is 11.6 Å². The van der Waals surface area contributed by atoms with Crippen LogP contribution in [-0.2, 0) is 9.59 Å². The summed E-state index contributed by atoms with van der Waals surface area (Å²) in [4.78, 5) is 26.6. The molecule has 2 aromatic carbocycles. The van der Waals surface area contributed by atoms with E-state index >= 15 is 0 Å². The molecule has 1 aliphatic heterocycles. The number of fused-ring (bicyclic) bond motifs is 1. The van der Waals surface area contributed by atoms with E-state index < -0.39 is 17.8 Å². The van der Waals surface area contributed by atoms with E-state index in [9.17, 15) is 14.0 Å². The van der Waals surface area contributed by atoms with Gasteiger partial charge in [0.2, 0.25) is 5.91 Å². The lowest BCUT2D eigenvalue weighted by atomic mass is 10.1. The standard InChI is InChI=1S/C20H21ClFN3O3/c1-2-9-23-20(27)18-11-25(16-5-3-4-6-17(16)28-18)12-19(26)24-15-10-13(21)7-8-14(15)22/h3-8,10,18H,2,9,11-12H2,1H3,(H,23,27)(H,24,26). The molecular weight excluding hydrogens is 385 g/mol. The molecule has 1 aliphatic rings. The summed E-state index contributed by atoms with van der Waals surface area (Å²) in [6.07, 6.45) is 0.0731. The van der Waals surface area contributed by atoms with Gasteiger partial charge in [-0.25, -0.2) is 4.39 Å². The van der Waals surface area contributed by atoms with E-state index in [0.29, 0.717) is 23.0 Å². The number of anilines is 2. The summed E-state index contributed by atoms with van der Waals surface area (Å²) in [6.45, 7) is 2.65. The Morgan fingerprint density at radius 1 is 1.29 bits per heavy atom. The zero-order valence-electron chi connectivity index (χ0n) is 15.4. The van der Waals surface area contributed by atoms with Gasteiger partial charge >= 0.3 is 0 Å². The van der Waals surface area contributed by atoms with E-state index in [1.165, 1.54) is 18.2 Å². The largest absolute Gasteiger partial charge is 0.477 e. The monoisotopic (exact) mass is 405 g/mol. The third kappa shape index (κ3) is 4.72. The molecule has 0 saturated heterocycles. The molecule has 0 fully saturated rings. The first-order chi connectivity index (χ1) is 13.5. The maximum absolute atomic E-state index is 13.9. The average molecular weight is 406 g/mol. The minimum absolute atomic E-state index is 0.0104. The molecule has 0 radical (unpaired) electrons. The Morgan fingerprint density at radius 2 is 2.07 bits per heavy atom. The van der Waals surface area contributed by atoms with Gasteiger partial charge in [0.05, 0.1) is 24.5 Å². The summed E-state index contributed by atoms with van der Waals surface area (Å²) >= 11 is 5.87. The third-order valence-corrected chi connectivity index (χ3v) is 4.48. The number of ether oxygens (including phenoxy) is 1. The highest BCUT2D eigenvalue weighted by Crippen LogP contribution is 2.33. The molecular formula is C20H21ClFN3O3. The molecule has 28 heavy (non-hydrogen) atoms. The summed E-state index contributed by atoms with van der Waals surface area (Å²) < 4.78 is 19.7. The summed E-state index contributed by atoms with van der Waals surface area (Å²) in [5.41, 5.74) is 0.708. The first kappa shape index (κ1) is 19.9. The Bertz CT molecular complexity index is 878. The number of hydrogen-bond donors (Lipinski definition) is 2. The Labute approximate surface area is 167 Å². The van der Waals surface area contributed by atoms with Crippen LogP contribution in [0.5, 0.6) is 5.75 Å². The molecule has 1 heterocycles. The molecule has 2 N–H and O–H groups in total. The van der Waals surface area contributed by atoms with Gasteiger partial charge in [-0.2, -0.15) is 0 Å². The quantitative estimate of drug-likeness (QED) is 0.774. The van der Waals surface area contributed by atoms with Gasteiger partial charge in [-0.05, 0) is 36.8 Å². The summed E-state index contributed by atoms with van der Waals surface area (Å²) in [5, 5.41) is 5.65. The van der Waals surface area contributed by atoms with Gasteiger partial charge in [0, 0.05) is 11.6 Å². The molecule has 0 spiro atoms. The number of rotatable bonds is 6. The lowest BCUT2D eigenvalue weighted by Gasteiger charge is -2.35. The second kappa shape index (κ2) is 8.93. The van der Waals surface area contributed by atoms with Crippen molar-refractivity contribution in [1.29, 1.82) is 0 Å². The van der Waals surface area contributed by atoms with Crippen molar-refractivity contribution in [3.05, 3.63) is 53.3 Å². The molecule has 2 amide bonds. The van der Waals surface area contributed by atoms with Crippen LogP contribution in [0.1, 0.15) is 13.3 Å². The SMILES string of the molecule is CCCNC(=O)C1CN(CC(=O)Nc2cc(Cl)ccc2F)c2ccccc2O1. The number of hydrogen-bond acceptors (Lipinski definition) is 4. The first-order valence-electron chi connectivity index (χ1n) is 9.01. The van der Waals surface area contributed by atoms with Crippen molar-refractivity contribution in [3.8, 4) is 5.75 Å². The van der Waals surface area contributed by atoms with Crippen molar-refractivity contribution in [3.63, 3.8) is 0 Å². The van der Waals surface area contributed by atoms with Crippen LogP contribution < -0.4 is 20.3 Å². The topological polar surface area (TPSA) is 70.7 Å². The minimum Gasteiger partial charge on any atom is -0.477 e. The lowest BCUT2D eigenvalue weighted by Crippen LogP contribution is -2.50. The number of nitrogens with one attached hydrogen (secondary N) is 2. The number of carbonyl (C=O) groups is 2. The van der Waals surface area contributed by atoms with E-state index in [1.54, 1.807) is 17.0 Å². The van der Waals surface area contributed by atoms with E-state index in [-0.39, 0.29) is 24.7 Å². The molecule has 8 heteroatoms. The number of carbonyl (C=O) groups excluding carboxylic acids is 2. The molecule has 0 aromatic heterocycles. The van der Waals surface area contributed by atoms with Crippen LogP contribution in [0.15, 0.2) is 42.5 Å². The summed E-state index contributed by atoms with van der Waals surface area (Å²) in [5.74, 6) is -0.711. The zero-order valence-corrected chi connectivity index (χ0v) is 16.1. The molecule has 1 unspecified atom stereocenters. The molecule has 2 aromatic rings. The van der Waals surface area contributed by atoms with Gasteiger partial charge in [0.1, 0.15) is 11.6 Å². The van der Waals surface area contributed by atoms with E-state index in [1.807, 2.05) is 19.1 Å². The minimum atomic E-state index is -0.739. The second-order valence-electron chi connectivity index (χ2n) is 6.42. The molecule has 0 aliphatic carbocycles. The van der Waals surface area contributed by atoms with Gasteiger partial charge in [-0.1, -0.05) is 30.7 Å². The predicted octanol–water partition coefficient (Wildman–Crippen LogP) is 3.21. The van der Waals surface area contributed by atoms with Crippen LogP contribution in [0.2, 0.25) is 5.02 Å². The highest BCUT2D eigenvalue weighted by Gasteiger charge is 2.31. The van der Waals surface area contributed by atoms with Gasteiger partial charge < -0.3 is 20.3 Å². The Balaban J connectivity index is 1.74. The highest BCUT2D eigenvalue weighted by molar-refractivity contribution is 6.30. The Kier molecular flexibility index (Phi) is 6.36. The number of amides is 2. The molecule has 6 nitrogen and oxygen atoms in total. The number of benzene rings is 2. The van der Waals surface area contributed by atoms with Crippen LogP contribution in [0.4, 0.5) is 15.8 Å². The van der Waals surface area contributed by atoms with E-state index in [0.717, 1.165) is 6.42 Å². The van der Waals surface area contributed by atoms with Crippen molar-refractivity contribution >= 4 is 34.8 Å². The van der Waals surface area contributed by atoms with Crippen LogP contribution in [0.25, 0.3) is 0 Å². The summed E-state index contributed by atoms with van der Waals surface area (Å²) in [7, 11) is 0. The molecule has 0 bridgehead atoms. The van der Waals surface area contributed by atoms with Gasteiger partial charge in [-0.15, -0.1) is 0 Å². The van der Waals surface area contributed by atoms with Crippen molar-refractivity contribution in [2.45, 2.75) is 19.4 Å². The fourth-order valence-electron chi connectivity index (χ4n) is 2.91. The van der Waals surface area contributed by atoms with Crippen molar-refractivity contribution in [2.75, 3.05) is 29.9 Å². The maximum atomic E-state index is 13.9. The fourth-order valence-corrected chi connectivity index (χ4v) is 3.08. The van der Waals surface area contributed by atoms with Crippen LogP contribution in [0.3, 0.4) is 0 Å². The van der Waals surface area contributed by atoms with Crippen molar-refractivity contribution < 1.29 is 18.7 Å². The van der Waals surface area contributed by atoms with E-state index in [2.05, 4.69) is 10.6 Å². The molecule has 148 valence electrons. The molecule has 1 atom stereocenters. The first-order valence-corrected chi connectivity index (χ1v) is 9.39. The lowest BCUT2D eigenvalue weighted by molar-refractivity contribution is -0.128. The normalized spacial score (nSPS) is 15.4. The van der Waals surface area contributed by atoms with Crippen LogP contribution in [-0.4, -0.2) is 37.6 Å². The Morgan fingerprint density at radius 3 is 2.86 bits per heavy atom. The van der Waals surface area contributed by atoms with E-state index in [4.69, 9.17) is 16.3 Å². The van der Waals surface area contributed by atoms with Gasteiger partial charge in [0.25, 0.3) is 5.91 Å². The smallest absolute Gasteiger partial charge is 0.262 e. The number of para-hydroxylation sites is 2. The highest BCUT2D eigenvalue weighted by atomic mass is 35.5. The average Bonchev–Trinajstić information content (AvgIpc) is 2.68. The molecule has 0 saturated carbocycles. The van der Waals surface area contributed by atoms with Crippen molar-refractivity contribution in [2.24, 2.45) is 0 Å². The Hall–Kier alpha value is -2.80. The number of nitrogens with zero attached hydrogens (tertiary/aromatic N) is 1. The second-order valence-corrected chi connectivity index (χ2v) is 6.85. The van der Waals surface area contributed by atoms with Crippen LogP contribution in [0, 0.1) is 5.82 Å². The third-order valence-electron chi connectivity index (χ3n) is 4.24. The van der Waals surface area contributed by atoms with Gasteiger partial charge in [-0.3, -0.25) is 9.59 Å². The van der Waals surface area contributed by atoms with Crippen molar-refractivity contribution in [1.82, 2.24) is 5.32 Å². The molecule has 3 rings (SSSR count). The fraction of sp³-hybridized carbons (Fsp3) is 0.300.